The SMILES string of the molecule is Nc1cc2ccccc2cc1C(=O)NCC(O)C(=O)O. The smallest absolute Gasteiger partial charge is 0.334 e. The molecule has 2 aromatic carbocycles. The zero-order valence-electron chi connectivity index (χ0n) is 10.5. The molecule has 0 heterocycles. The van der Waals surface area contributed by atoms with Crippen molar-refractivity contribution in [2.24, 2.45) is 0 Å². The van der Waals surface area contributed by atoms with Crippen molar-refractivity contribution in [1.29, 1.82) is 0 Å². The molecule has 20 heavy (non-hydrogen) atoms. The van der Waals surface area contributed by atoms with Gasteiger partial charge in [0.25, 0.3) is 5.91 Å². The predicted octanol–water partition coefficient (Wildman–Crippen LogP) is 0.597. The van der Waals surface area contributed by atoms with E-state index in [9.17, 15) is 9.59 Å². The van der Waals surface area contributed by atoms with Crippen molar-refractivity contribution in [3.63, 3.8) is 0 Å². The Kier molecular flexibility index (Phi) is 3.86. The largest absolute Gasteiger partial charge is 0.479 e. The van der Waals surface area contributed by atoms with Gasteiger partial charge in [0, 0.05) is 5.69 Å². The van der Waals surface area contributed by atoms with Crippen molar-refractivity contribution >= 4 is 28.3 Å². The summed E-state index contributed by atoms with van der Waals surface area (Å²) in [6.07, 6.45) is -1.64. The fraction of sp³-hybridized carbons (Fsp3) is 0.143. The summed E-state index contributed by atoms with van der Waals surface area (Å²) in [5.74, 6) is -1.91. The van der Waals surface area contributed by atoms with E-state index in [-0.39, 0.29) is 12.1 Å². The topological polar surface area (TPSA) is 113 Å². The van der Waals surface area contributed by atoms with E-state index < -0.39 is 18.0 Å². The van der Waals surface area contributed by atoms with Crippen LogP contribution in [0.25, 0.3) is 10.8 Å². The highest BCUT2D eigenvalue weighted by Crippen LogP contribution is 2.21. The Morgan fingerprint density at radius 2 is 1.80 bits per heavy atom. The number of aliphatic hydroxyl groups excluding tert-OH is 1. The van der Waals surface area contributed by atoms with E-state index in [1.54, 1.807) is 12.1 Å². The minimum atomic E-state index is -1.64. The first-order valence-electron chi connectivity index (χ1n) is 5.96. The Morgan fingerprint density at radius 3 is 2.40 bits per heavy atom. The molecule has 0 radical (unpaired) electrons. The molecule has 2 rings (SSSR count). The van der Waals surface area contributed by atoms with Gasteiger partial charge >= 0.3 is 5.97 Å². The number of carboxylic acids is 1. The molecule has 0 aliphatic carbocycles. The number of carbonyl (C=O) groups excluding carboxylic acids is 1. The Bertz CT molecular complexity index is 669. The number of rotatable bonds is 4. The molecule has 0 spiro atoms. The normalized spacial score (nSPS) is 12.1. The zero-order chi connectivity index (χ0) is 14.7. The van der Waals surface area contributed by atoms with Crippen LogP contribution in [0.2, 0.25) is 0 Å². The third kappa shape index (κ3) is 2.86. The van der Waals surface area contributed by atoms with E-state index in [1.807, 2.05) is 24.3 Å². The average Bonchev–Trinajstić information content (AvgIpc) is 2.43. The molecule has 104 valence electrons. The molecule has 0 aromatic heterocycles. The first-order valence-corrected chi connectivity index (χ1v) is 5.96. The van der Waals surface area contributed by atoms with Crippen molar-refractivity contribution in [3.05, 3.63) is 42.0 Å². The average molecular weight is 274 g/mol. The molecule has 1 atom stereocenters. The highest BCUT2D eigenvalue weighted by atomic mass is 16.4. The van der Waals surface area contributed by atoms with Crippen molar-refractivity contribution in [2.45, 2.75) is 6.10 Å². The van der Waals surface area contributed by atoms with E-state index in [0.29, 0.717) is 5.69 Å². The number of fused-ring (bicyclic) bond motifs is 1. The van der Waals surface area contributed by atoms with E-state index in [2.05, 4.69) is 5.32 Å². The number of hydrogen-bond acceptors (Lipinski definition) is 4. The number of carbonyl (C=O) groups is 2. The van der Waals surface area contributed by atoms with E-state index >= 15 is 0 Å². The van der Waals surface area contributed by atoms with Crippen LogP contribution in [0.5, 0.6) is 0 Å². The van der Waals surface area contributed by atoms with Crippen LogP contribution in [0.15, 0.2) is 36.4 Å². The van der Waals surface area contributed by atoms with E-state index in [4.69, 9.17) is 15.9 Å². The van der Waals surface area contributed by atoms with Gasteiger partial charge in [-0.15, -0.1) is 0 Å². The van der Waals surface area contributed by atoms with E-state index in [1.165, 1.54) is 0 Å². The first kappa shape index (κ1) is 13.8. The lowest BCUT2D eigenvalue weighted by Gasteiger charge is -2.10. The molecule has 0 bridgehead atoms. The summed E-state index contributed by atoms with van der Waals surface area (Å²) in [6.45, 7) is -0.375. The number of anilines is 1. The van der Waals surface area contributed by atoms with Crippen LogP contribution in [-0.2, 0) is 4.79 Å². The Labute approximate surface area is 114 Å². The summed E-state index contributed by atoms with van der Waals surface area (Å²) in [4.78, 5) is 22.4. The van der Waals surface area contributed by atoms with Crippen LogP contribution in [0.1, 0.15) is 10.4 Å². The van der Waals surface area contributed by atoms with Gasteiger partial charge in [-0.25, -0.2) is 4.79 Å². The van der Waals surface area contributed by atoms with Gasteiger partial charge in [0.1, 0.15) is 0 Å². The number of hydrogen-bond donors (Lipinski definition) is 4. The minimum Gasteiger partial charge on any atom is -0.479 e. The molecule has 1 unspecified atom stereocenters. The number of nitrogens with two attached hydrogens (primary N) is 1. The van der Waals surface area contributed by atoms with Gasteiger partial charge in [-0.3, -0.25) is 4.79 Å². The van der Waals surface area contributed by atoms with E-state index in [0.717, 1.165) is 10.8 Å². The Hall–Kier alpha value is -2.60. The molecule has 0 aliphatic heterocycles. The summed E-state index contributed by atoms with van der Waals surface area (Å²) in [7, 11) is 0. The fourth-order valence-corrected chi connectivity index (χ4v) is 1.83. The fourth-order valence-electron chi connectivity index (χ4n) is 1.83. The molecular formula is C14H14N2O4. The van der Waals surface area contributed by atoms with Gasteiger partial charge in [0.05, 0.1) is 12.1 Å². The Balaban J connectivity index is 2.21. The standard InChI is InChI=1S/C14H14N2O4/c15-11-6-9-4-2-1-3-8(9)5-10(11)13(18)16-7-12(17)14(19)20/h1-6,12,17H,7,15H2,(H,16,18)(H,19,20). The molecule has 6 heteroatoms. The molecule has 0 fully saturated rings. The minimum absolute atomic E-state index is 0.251. The number of nitrogen functional groups attached to an aromatic ring is 1. The molecule has 2 aromatic rings. The summed E-state index contributed by atoms with van der Waals surface area (Å²) in [6, 6.07) is 10.7. The third-order valence-corrected chi connectivity index (χ3v) is 2.90. The molecule has 1 amide bonds. The maximum Gasteiger partial charge on any atom is 0.334 e. The van der Waals surface area contributed by atoms with Crippen molar-refractivity contribution in [1.82, 2.24) is 5.32 Å². The second-order valence-electron chi connectivity index (χ2n) is 4.35. The number of nitrogens with one attached hydrogen (secondary N) is 1. The van der Waals surface area contributed by atoms with Gasteiger partial charge in [0.2, 0.25) is 0 Å². The lowest BCUT2D eigenvalue weighted by atomic mass is 10.0. The van der Waals surface area contributed by atoms with Crippen LogP contribution in [0.3, 0.4) is 0 Å². The van der Waals surface area contributed by atoms with Gasteiger partial charge < -0.3 is 21.3 Å². The lowest BCUT2D eigenvalue weighted by molar-refractivity contribution is -0.146. The summed E-state index contributed by atoms with van der Waals surface area (Å²) in [5, 5.41) is 21.8. The monoisotopic (exact) mass is 274 g/mol. The molecule has 0 aliphatic rings. The van der Waals surface area contributed by atoms with Gasteiger partial charge in [-0.2, -0.15) is 0 Å². The van der Waals surface area contributed by atoms with Crippen LogP contribution in [0.4, 0.5) is 5.69 Å². The predicted molar refractivity (Wildman–Crippen MR) is 74.3 cm³/mol. The van der Waals surface area contributed by atoms with Crippen molar-refractivity contribution in [3.8, 4) is 0 Å². The highest BCUT2D eigenvalue weighted by molar-refractivity contribution is 6.04. The van der Waals surface area contributed by atoms with Crippen LogP contribution >= 0.6 is 0 Å². The summed E-state index contributed by atoms with van der Waals surface area (Å²) >= 11 is 0. The third-order valence-electron chi connectivity index (χ3n) is 2.90. The highest BCUT2D eigenvalue weighted by Gasteiger charge is 2.16. The first-order chi connectivity index (χ1) is 9.49. The van der Waals surface area contributed by atoms with Crippen LogP contribution < -0.4 is 11.1 Å². The molecular weight excluding hydrogens is 260 g/mol. The summed E-state index contributed by atoms with van der Waals surface area (Å²) < 4.78 is 0. The number of aliphatic hydroxyl groups is 1. The number of amides is 1. The molecule has 0 saturated carbocycles. The molecule has 5 N–H and O–H groups in total. The second-order valence-corrected chi connectivity index (χ2v) is 4.35. The maximum absolute atomic E-state index is 11.9. The number of aliphatic carboxylic acids is 1. The van der Waals surface area contributed by atoms with Gasteiger partial charge in [-0.1, -0.05) is 24.3 Å². The Morgan fingerprint density at radius 1 is 1.20 bits per heavy atom. The van der Waals surface area contributed by atoms with Crippen molar-refractivity contribution in [2.75, 3.05) is 12.3 Å². The van der Waals surface area contributed by atoms with Gasteiger partial charge in [-0.05, 0) is 22.9 Å². The lowest BCUT2D eigenvalue weighted by Crippen LogP contribution is -2.36. The quantitative estimate of drug-likeness (QED) is 0.610. The van der Waals surface area contributed by atoms with Crippen molar-refractivity contribution < 1.29 is 19.8 Å². The second kappa shape index (κ2) is 5.58. The molecule has 6 nitrogen and oxygen atoms in total. The summed E-state index contributed by atoms with van der Waals surface area (Å²) in [5.41, 5.74) is 6.36. The number of benzene rings is 2. The maximum atomic E-state index is 11.9. The van der Waals surface area contributed by atoms with Crippen LogP contribution in [-0.4, -0.2) is 34.7 Å². The zero-order valence-corrected chi connectivity index (χ0v) is 10.5. The van der Waals surface area contributed by atoms with Gasteiger partial charge in [0.15, 0.2) is 6.10 Å². The number of carboxylic acid groups (broad SMARTS) is 1. The molecule has 0 saturated heterocycles. The van der Waals surface area contributed by atoms with Crippen LogP contribution in [0, 0.1) is 0 Å².